The van der Waals surface area contributed by atoms with Gasteiger partial charge in [-0.25, -0.2) is 0 Å². The van der Waals surface area contributed by atoms with Crippen LogP contribution in [0.25, 0.3) is 0 Å². The quantitative estimate of drug-likeness (QED) is 0.716. The molecule has 1 amide bonds. The van der Waals surface area contributed by atoms with Crippen LogP contribution in [0.15, 0.2) is 24.3 Å². The fourth-order valence-corrected chi connectivity index (χ4v) is 2.50. The number of carbonyl (C=O) groups is 1. The van der Waals surface area contributed by atoms with E-state index in [0.717, 1.165) is 3.57 Å². The first-order valence-electron chi connectivity index (χ1n) is 6.19. The summed E-state index contributed by atoms with van der Waals surface area (Å²) in [4.78, 5) is 15.1. The lowest BCUT2D eigenvalue weighted by Crippen LogP contribution is -2.50. The molecule has 1 aromatic carbocycles. The molecule has 0 unspecified atom stereocenters. The molecule has 2 rings (SSSR count). The molecule has 1 aliphatic heterocycles. The lowest BCUT2D eigenvalue weighted by Gasteiger charge is -2.35. The summed E-state index contributed by atoms with van der Waals surface area (Å²) in [5, 5.41) is 0. The van der Waals surface area contributed by atoms with Gasteiger partial charge in [-0.2, -0.15) is 13.2 Å². The lowest BCUT2D eigenvalue weighted by atomic mass is 10.2. The van der Waals surface area contributed by atoms with Crippen LogP contribution in [-0.2, 0) is 0 Å². The number of benzene rings is 1. The number of piperazine rings is 1. The van der Waals surface area contributed by atoms with E-state index < -0.39 is 12.7 Å². The predicted octanol–water partition coefficient (Wildman–Crippen LogP) is 2.61. The molecule has 1 aromatic rings. The second-order valence-corrected chi connectivity index (χ2v) is 5.94. The molecular formula is C13H14F3IN2O. The van der Waals surface area contributed by atoms with Gasteiger partial charge in [-0.3, -0.25) is 9.69 Å². The summed E-state index contributed by atoms with van der Waals surface area (Å²) >= 11 is 2.15. The van der Waals surface area contributed by atoms with E-state index in [4.69, 9.17) is 0 Å². The zero-order valence-electron chi connectivity index (χ0n) is 10.7. The number of hydrogen-bond donors (Lipinski definition) is 0. The number of nitrogens with zero attached hydrogens (tertiary/aromatic N) is 2. The highest BCUT2D eigenvalue weighted by Gasteiger charge is 2.32. The van der Waals surface area contributed by atoms with Gasteiger partial charge >= 0.3 is 6.18 Å². The predicted molar refractivity (Wildman–Crippen MR) is 77.6 cm³/mol. The Morgan fingerprint density at radius 1 is 1.10 bits per heavy atom. The van der Waals surface area contributed by atoms with Crippen molar-refractivity contribution < 1.29 is 18.0 Å². The van der Waals surface area contributed by atoms with Crippen LogP contribution >= 0.6 is 22.6 Å². The van der Waals surface area contributed by atoms with E-state index in [1.807, 2.05) is 12.1 Å². The fourth-order valence-electron chi connectivity index (χ4n) is 2.14. The summed E-state index contributed by atoms with van der Waals surface area (Å²) in [6, 6.07) is 7.17. The van der Waals surface area contributed by atoms with Crippen molar-refractivity contribution in [2.24, 2.45) is 0 Å². The Balaban J connectivity index is 1.90. The fraction of sp³-hybridized carbons (Fsp3) is 0.462. The number of alkyl halides is 3. The van der Waals surface area contributed by atoms with E-state index in [9.17, 15) is 18.0 Å². The Morgan fingerprint density at radius 2 is 1.65 bits per heavy atom. The molecule has 3 nitrogen and oxygen atoms in total. The van der Waals surface area contributed by atoms with E-state index in [2.05, 4.69) is 22.6 Å². The SMILES string of the molecule is O=C(c1ccc(I)cc1)N1CCN(CC(F)(F)F)CC1. The first-order chi connectivity index (χ1) is 9.35. The minimum absolute atomic E-state index is 0.118. The van der Waals surface area contributed by atoms with Gasteiger partial charge in [0.2, 0.25) is 0 Å². The van der Waals surface area contributed by atoms with Crippen LogP contribution in [-0.4, -0.2) is 54.6 Å². The Kier molecular flexibility index (Phi) is 4.90. The molecule has 0 N–H and O–H groups in total. The number of halogens is 4. The molecule has 0 saturated carbocycles. The highest BCUT2D eigenvalue weighted by molar-refractivity contribution is 14.1. The van der Waals surface area contributed by atoms with E-state index in [1.165, 1.54) is 4.90 Å². The average molecular weight is 398 g/mol. The van der Waals surface area contributed by atoms with E-state index in [-0.39, 0.29) is 19.0 Å². The molecule has 0 spiro atoms. The summed E-state index contributed by atoms with van der Waals surface area (Å²) in [6.45, 7) is 0.283. The van der Waals surface area contributed by atoms with Crippen molar-refractivity contribution >= 4 is 28.5 Å². The summed E-state index contributed by atoms with van der Waals surface area (Å²) in [5.74, 6) is -0.118. The molecule has 0 radical (unpaired) electrons. The maximum Gasteiger partial charge on any atom is 0.401 e. The number of carbonyl (C=O) groups excluding carboxylic acids is 1. The normalized spacial score (nSPS) is 17.3. The maximum absolute atomic E-state index is 12.3. The Labute approximate surface area is 128 Å². The van der Waals surface area contributed by atoms with Crippen LogP contribution in [0.5, 0.6) is 0 Å². The highest BCUT2D eigenvalue weighted by Crippen LogP contribution is 2.18. The third-order valence-electron chi connectivity index (χ3n) is 3.15. The van der Waals surface area contributed by atoms with Crippen LogP contribution in [0.3, 0.4) is 0 Å². The van der Waals surface area contributed by atoms with Gasteiger partial charge in [0.15, 0.2) is 0 Å². The molecule has 110 valence electrons. The molecule has 0 aromatic heterocycles. The standard InChI is InChI=1S/C13H14F3IN2O/c14-13(15,16)9-18-5-7-19(8-6-18)12(20)10-1-3-11(17)4-2-10/h1-4H,5-9H2. The number of hydrogen-bond acceptors (Lipinski definition) is 2. The second-order valence-electron chi connectivity index (χ2n) is 4.69. The molecule has 1 fully saturated rings. The Bertz CT molecular complexity index is 467. The van der Waals surface area contributed by atoms with Gasteiger partial charge in [0.25, 0.3) is 5.91 Å². The minimum Gasteiger partial charge on any atom is -0.336 e. The van der Waals surface area contributed by atoms with Gasteiger partial charge in [-0.15, -0.1) is 0 Å². The lowest BCUT2D eigenvalue weighted by molar-refractivity contribution is -0.148. The summed E-state index contributed by atoms with van der Waals surface area (Å²) in [7, 11) is 0. The van der Waals surface area contributed by atoms with Crippen molar-refractivity contribution in [1.82, 2.24) is 9.80 Å². The van der Waals surface area contributed by atoms with Gasteiger partial charge in [-0.1, -0.05) is 0 Å². The molecular weight excluding hydrogens is 384 g/mol. The summed E-state index contributed by atoms with van der Waals surface area (Å²) in [6.07, 6.45) is -4.18. The van der Waals surface area contributed by atoms with Crippen molar-refractivity contribution in [2.75, 3.05) is 32.7 Å². The molecule has 0 atom stereocenters. The van der Waals surface area contributed by atoms with Crippen molar-refractivity contribution in [2.45, 2.75) is 6.18 Å². The molecule has 1 aliphatic rings. The molecule has 0 aliphatic carbocycles. The molecule has 0 bridgehead atoms. The van der Waals surface area contributed by atoms with Gasteiger partial charge in [0, 0.05) is 35.3 Å². The average Bonchev–Trinajstić information content (AvgIpc) is 2.38. The summed E-state index contributed by atoms with van der Waals surface area (Å²) in [5.41, 5.74) is 0.578. The first kappa shape index (κ1) is 15.6. The van der Waals surface area contributed by atoms with E-state index in [1.54, 1.807) is 17.0 Å². The Hall–Kier alpha value is -0.830. The van der Waals surface area contributed by atoms with Gasteiger partial charge in [0.05, 0.1) is 6.54 Å². The topological polar surface area (TPSA) is 23.6 Å². The zero-order valence-corrected chi connectivity index (χ0v) is 12.8. The van der Waals surface area contributed by atoms with Crippen molar-refractivity contribution in [1.29, 1.82) is 0 Å². The van der Waals surface area contributed by atoms with E-state index in [0.29, 0.717) is 18.7 Å². The molecule has 1 saturated heterocycles. The summed E-state index contributed by atoms with van der Waals surface area (Å²) < 4.78 is 37.9. The second kappa shape index (κ2) is 6.30. The molecule has 7 heteroatoms. The van der Waals surface area contributed by atoms with Crippen LogP contribution in [0, 0.1) is 3.57 Å². The van der Waals surface area contributed by atoms with Crippen LogP contribution in [0.1, 0.15) is 10.4 Å². The van der Waals surface area contributed by atoms with Crippen molar-refractivity contribution in [3.63, 3.8) is 0 Å². The van der Waals surface area contributed by atoms with Gasteiger partial charge < -0.3 is 4.90 Å². The molecule has 20 heavy (non-hydrogen) atoms. The third-order valence-corrected chi connectivity index (χ3v) is 3.87. The highest BCUT2D eigenvalue weighted by atomic mass is 127. The zero-order chi connectivity index (χ0) is 14.8. The van der Waals surface area contributed by atoms with Crippen LogP contribution < -0.4 is 0 Å². The van der Waals surface area contributed by atoms with Crippen LogP contribution in [0.4, 0.5) is 13.2 Å². The van der Waals surface area contributed by atoms with Gasteiger partial charge in [-0.05, 0) is 46.9 Å². The van der Waals surface area contributed by atoms with Crippen LogP contribution in [0.2, 0.25) is 0 Å². The van der Waals surface area contributed by atoms with E-state index >= 15 is 0 Å². The third kappa shape index (κ3) is 4.34. The Morgan fingerprint density at radius 3 is 2.15 bits per heavy atom. The van der Waals surface area contributed by atoms with Crippen molar-refractivity contribution in [3.05, 3.63) is 33.4 Å². The van der Waals surface area contributed by atoms with Crippen molar-refractivity contribution in [3.8, 4) is 0 Å². The minimum atomic E-state index is -4.18. The number of rotatable bonds is 2. The monoisotopic (exact) mass is 398 g/mol. The first-order valence-corrected chi connectivity index (χ1v) is 7.27. The molecule has 1 heterocycles. The van der Waals surface area contributed by atoms with Gasteiger partial charge in [0.1, 0.15) is 0 Å². The largest absolute Gasteiger partial charge is 0.401 e. The maximum atomic E-state index is 12.3. The number of amides is 1. The smallest absolute Gasteiger partial charge is 0.336 e.